The normalized spacial score (nSPS) is 30.1. The highest BCUT2D eigenvalue weighted by atomic mass is 16.5. The van der Waals surface area contributed by atoms with E-state index in [4.69, 9.17) is 10.6 Å². The molecule has 0 aromatic carbocycles. The van der Waals surface area contributed by atoms with Crippen molar-refractivity contribution >= 4 is 0 Å². The Bertz CT molecular complexity index is 257. The van der Waals surface area contributed by atoms with E-state index < -0.39 is 0 Å². The minimum absolute atomic E-state index is 0.0640. The summed E-state index contributed by atoms with van der Waals surface area (Å²) in [6.45, 7) is 11.2. The van der Waals surface area contributed by atoms with Gasteiger partial charge >= 0.3 is 0 Å². The molecule has 3 N–H and O–H groups in total. The Labute approximate surface area is 112 Å². The Balaban J connectivity index is 2.70. The van der Waals surface area contributed by atoms with Gasteiger partial charge in [-0.2, -0.15) is 0 Å². The van der Waals surface area contributed by atoms with Gasteiger partial charge in [0.05, 0.1) is 11.6 Å². The molecule has 1 unspecified atom stereocenters. The van der Waals surface area contributed by atoms with Crippen LogP contribution < -0.4 is 11.3 Å². The van der Waals surface area contributed by atoms with Crippen molar-refractivity contribution in [3.05, 3.63) is 12.2 Å². The molecule has 1 rings (SSSR count). The van der Waals surface area contributed by atoms with Gasteiger partial charge < -0.3 is 4.74 Å². The molecule has 3 nitrogen and oxygen atoms in total. The van der Waals surface area contributed by atoms with Gasteiger partial charge in [-0.25, -0.2) is 0 Å². The highest BCUT2D eigenvalue weighted by molar-refractivity contribution is 4.98. The number of nitrogens with one attached hydrogen (secondary N) is 1. The van der Waals surface area contributed by atoms with Crippen LogP contribution in [0, 0.1) is 5.92 Å². The molecule has 1 aliphatic rings. The fourth-order valence-electron chi connectivity index (χ4n) is 3.02. The zero-order valence-electron chi connectivity index (χ0n) is 12.3. The average molecular weight is 254 g/mol. The quantitative estimate of drug-likeness (QED) is 0.417. The molecule has 0 amide bonds. The Morgan fingerprint density at radius 1 is 1.50 bits per heavy atom. The van der Waals surface area contributed by atoms with Gasteiger partial charge in [0.15, 0.2) is 0 Å². The van der Waals surface area contributed by atoms with Crippen molar-refractivity contribution in [2.24, 2.45) is 11.8 Å². The molecule has 18 heavy (non-hydrogen) atoms. The molecule has 106 valence electrons. The van der Waals surface area contributed by atoms with Crippen LogP contribution in [0.25, 0.3) is 0 Å². The van der Waals surface area contributed by atoms with E-state index in [0.717, 1.165) is 38.2 Å². The zero-order chi connectivity index (χ0) is 13.6. The van der Waals surface area contributed by atoms with Crippen LogP contribution in [-0.2, 0) is 4.74 Å². The first-order chi connectivity index (χ1) is 8.54. The molecule has 0 aliphatic heterocycles. The van der Waals surface area contributed by atoms with Crippen LogP contribution in [0.2, 0.25) is 0 Å². The molecule has 0 saturated heterocycles. The van der Waals surface area contributed by atoms with Gasteiger partial charge in [-0.3, -0.25) is 11.3 Å². The van der Waals surface area contributed by atoms with Crippen LogP contribution in [0.5, 0.6) is 0 Å². The maximum absolute atomic E-state index is 6.13. The van der Waals surface area contributed by atoms with Gasteiger partial charge in [0.2, 0.25) is 0 Å². The summed E-state index contributed by atoms with van der Waals surface area (Å²) < 4.78 is 6.13. The van der Waals surface area contributed by atoms with E-state index in [1.54, 1.807) is 0 Å². The molecular weight excluding hydrogens is 224 g/mol. The highest BCUT2D eigenvalue weighted by Crippen LogP contribution is 2.38. The number of allylic oxidation sites excluding steroid dienone is 1. The van der Waals surface area contributed by atoms with Gasteiger partial charge in [-0.15, -0.1) is 6.58 Å². The highest BCUT2D eigenvalue weighted by Gasteiger charge is 2.41. The van der Waals surface area contributed by atoms with Crippen molar-refractivity contribution in [3.63, 3.8) is 0 Å². The summed E-state index contributed by atoms with van der Waals surface area (Å²) in [6.07, 6.45) is 6.75. The van der Waals surface area contributed by atoms with Crippen molar-refractivity contribution in [3.8, 4) is 0 Å². The lowest BCUT2D eigenvalue weighted by atomic mass is 9.74. The van der Waals surface area contributed by atoms with Gasteiger partial charge in [0.25, 0.3) is 0 Å². The van der Waals surface area contributed by atoms with Gasteiger partial charge in [-0.1, -0.05) is 12.5 Å². The molecule has 0 aromatic heterocycles. The van der Waals surface area contributed by atoms with E-state index in [2.05, 4.69) is 32.8 Å². The maximum atomic E-state index is 6.13. The number of nitrogens with two attached hydrogens (primary N) is 1. The summed E-state index contributed by atoms with van der Waals surface area (Å²) in [4.78, 5) is 0. The van der Waals surface area contributed by atoms with Crippen molar-refractivity contribution in [2.75, 3.05) is 6.61 Å². The topological polar surface area (TPSA) is 47.3 Å². The SMILES string of the molecule is C=C(C)CCC(NN)C1(OCC)CCC(C)CC1. The van der Waals surface area contributed by atoms with Gasteiger partial charge in [-0.05, 0) is 58.3 Å². The molecule has 0 radical (unpaired) electrons. The monoisotopic (exact) mass is 254 g/mol. The number of hydrogen-bond donors (Lipinski definition) is 2. The number of hydrazine groups is 1. The Hall–Kier alpha value is -0.380. The van der Waals surface area contributed by atoms with Crippen LogP contribution >= 0.6 is 0 Å². The van der Waals surface area contributed by atoms with Gasteiger partial charge in [0.1, 0.15) is 0 Å². The molecule has 0 heterocycles. The second kappa shape index (κ2) is 7.27. The molecule has 1 saturated carbocycles. The van der Waals surface area contributed by atoms with Crippen LogP contribution in [0.1, 0.15) is 59.3 Å². The van der Waals surface area contributed by atoms with Crippen molar-refractivity contribution in [1.29, 1.82) is 0 Å². The Morgan fingerprint density at radius 2 is 2.11 bits per heavy atom. The Kier molecular flexibility index (Phi) is 6.33. The number of hydrogen-bond acceptors (Lipinski definition) is 3. The predicted molar refractivity (Wildman–Crippen MR) is 77.1 cm³/mol. The van der Waals surface area contributed by atoms with Crippen LogP contribution in [0.4, 0.5) is 0 Å². The molecule has 3 heteroatoms. The average Bonchev–Trinajstić information content (AvgIpc) is 2.33. The van der Waals surface area contributed by atoms with Crippen LogP contribution in [0.3, 0.4) is 0 Å². The maximum Gasteiger partial charge on any atom is 0.0848 e. The first kappa shape index (κ1) is 15.7. The lowest BCUT2D eigenvalue weighted by Crippen LogP contribution is -2.56. The first-order valence-electron chi connectivity index (χ1n) is 7.28. The summed E-state index contributed by atoms with van der Waals surface area (Å²) in [5, 5.41) is 0. The third-order valence-corrected chi connectivity index (χ3v) is 4.25. The van der Waals surface area contributed by atoms with E-state index in [1.165, 1.54) is 18.4 Å². The third kappa shape index (κ3) is 4.08. The van der Waals surface area contributed by atoms with Gasteiger partial charge in [0, 0.05) is 6.61 Å². The summed E-state index contributed by atoms with van der Waals surface area (Å²) in [5.41, 5.74) is 4.15. The minimum Gasteiger partial charge on any atom is -0.374 e. The van der Waals surface area contributed by atoms with E-state index in [1.807, 2.05) is 0 Å². The van der Waals surface area contributed by atoms with Crippen molar-refractivity contribution in [1.82, 2.24) is 5.43 Å². The molecule has 1 fully saturated rings. The van der Waals surface area contributed by atoms with E-state index in [-0.39, 0.29) is 11.6 Å². The molecule has 0 bridgehead atoms. The van der Waals surface area contributed by atoms with E-state index >= 15 is 0 Å². The second-order valence-corrected chi connectivity index (χ2v) is 5.90. The summed E-state index contributed by atoms with van der Waals surface area (Å²) in [7, 11) is 0. The van der Waals surface area contributed by atoms with Crippen molar-refractivity contribution in [2.45, 2.75) is 70.9 Å². The Morgan fingerprint density at radius 3 is 2.56 bits per heavy atom. The van der Waals surface area contributed by atoms with Crippen molar-refractivity contribution < 1.29 is 4.74 Å². The standard InChI is InChI=1S/C15H30N2O/c1-5-18-15(10-8-13(4)9-11-15)14(17-16)7-6-12(2)3/h13-14,17H,2,5-11,16H2,1,3-4H3. The predicted octanol–water partition coefficient (Wildman–Crippen LogP) is 3.16. The molecule has 0 spiro atoms. The third-order valence-electron chi connectivity index (χ3n) is 4.25. The molecule has 1 atom stereocenters. The largest absolute Gasteiger partial charge is 0.374 e. The number of ether oxygens (including phenoxy) is 1. The van der Waals surface area contributed by atoms with Crippen LogP contribution in [-0.4, -0.2) is 18.2 Å². The fraction of sp³-hybridized carbons (Fsp3) is 0.867. The molecule has 0 aromatic rings. The molecular formula is C15H30N2O. The molecule has 1 aliphatic carbocycles. The summed E-state index contributed by atoms with van der Waals surface area (Å²) >= 11 is 0. The second-order valence-electron chi connectivity index (χ2n) is 5.90. The fourth-order valence-corrected chi connectivity index (χ4v) is 3.02. The lowest BCUT2D eigenvalue weighted by Gasteiger charge is -2.44. The lowest BCUT2D eigenvalue weighted by molar-refractivity contribution is -0.0977. The zero-order valence-corrected chi connectivity index (χ0v) is 12.3. The smallest absolute Gasteiger partial charge is 0.0848 e. The minimum atomic E-state index is -0.0640. The van der Waals surface area contributed by atoms with Crippen LogP contribution in [0.15, 0.2) is 12.2 Å². The number of rotatable bonds is 7. The van der Waals surface area contributed by atoms with E-state index in [9.17, 15) is 0 Å². The summed E-state index contributed by atoms with van der Waals surface area (Å²) in [6, 6.07) is 0.238. The summed E-state index contributed by atoms with van der Waals surface area (Å²) in [5.74, 6) is 6.60. The van der Waals surface area contributed by atoms with E-state index in [0.29, 0.717) is 0 Å². The first-order valence-corrected chi connectivity index (χ1v) is 7.28.